The van der Waals surface area contributed by atoms with Crippen LogP contribution >= 0.6 is 0 Å². The van der Waals surface area contributed by atoms with E-state index in [4.69, 9.17) is 5.10 Å². The Balaban J connectivity index is 1.48. The second-order valence-electron chi connectivity index (χ2n) is 8.10. The molecular formula is C22H31N5O. The second kappa shape index (κ2) is 8.05. The van der Waals surface area contributed by atoms with Crippen LogP contribution in [0.25, 0.3) is 11.3 Å². The highest BCUT2D eigenvalue weighted by Gasteiger charge is 2.30. The Hall–Kier alpha value is -2.18. The van der Waals surface area contributed by atoms with Crippen LogP contribution in [0.4, 0.5) is 0 Å². The fourth-order valence-electron chi connectivity index (χ4n) is 4.46. The van der Waals surface area contributed by atoms with Crippen molar-refractivity contribution in [1.82, 2.24) is 24.5 Å². The number of carbonyl (C=O) groups excluding carboxylic acids is 1. The second-order valence-corrected chi connectivity index (χ2v) is 8.10. The van der Waals surface area contributed by atoms with Crippen molar-refractivity contribution in [1.29, 1.82) is 0 Å². The summed E-state index contributed by atoms with van der Waals surface area (Å²) in [6.07, 6.45) is 1.74. The van der Waals surface area contributed by atoms with Crippen LogP contribution in [0.1, 0.15) is 18.2 Å². The van der Waals surface area contributed by atoms with Gasteiger partial charge >= 0.3 is 0 Å². The Labute approximate surface area is 167 Å². The van der Waals surface area contributed by atoms with Crippen LogP contribution in [0.5, 0.6) is 0 Å². The number of fused-ring (bicyclic) bond motifs is 1. The summed E-state index contributed by atoms with van der Waals surface area (Å²) in [6, 6.07) is 10.3. The standard InChI is InChI=1S/C22H31N5O/c1-17(26-15-13-24(2)14-16-26)22(28)27-11-9-19-20(10-12-27)25(3)23-21(19)18-7-5-4-6-8-18/h4-8,17H,9-16H2,1-3H3. The van der Waals surface area contributed by atoms with Gasteiger partial charge in [-0.1, -0.05) is 30.3 Å². The van der Waals surface area contributed by atoms with Crippen molar-refractivity contribution in [3.8, 4) is 11.3 Å². The fourth-order valence-corrected chi connectivity index (χ4v) is 4.46. The van der Waals surface area contributed by atoms with Crippen molar-refractivity contribution in [3.63, 3.8) is 0 Å². The highest BCUT2D eigenvalue weighted by Crippen LogP contribution is 2.28. The number of rotatable bonds is 3. The fraction of sp³-hybridized carbons (Fsp3) is 0.545. The molecule has 1 unspecified atom stereocenters. The number of benzene rings is 1. The molecule has 6 heteroatoms. The normalized spacial score (nSPS) is 19.9. The molecule has 0 saturated carbocycles. The number of amides is 1. The summed E-state index contributed by atoms with van der Waals surface area (Å²) in [5.41, 5.74) is 4.79. The molecule has 1 atom stereocenters. The van der Waals surface area contributed by atoms with Gasteiger partial charge in [-0.05, 0) is 20.4 Å². The van der Waals surface area contributed by atoms with Crippen LogP contribution in [0, 0.1) is 0 Å². The summed E-state index contributed by atoms with van der Waals surface area (Å²) in [4.78, 5) is 19.9. The first-order chi connectivity index (χ1) is 13.5. The van der Waals surface area contributed by atoms with E-state index >= 15 is 0 Å². The highest BCUT2D eigenvalue weighted by molar-refractivity contribution is 5.81. The first-order valence-corrected chi connectivity index (χ1v) is 10.4. The summed E-state index contributed by atoms with van der Waals surface area (Å²) in [7, 11) is 4.17. The van der Waals surface area contributed by atoms with Crippen LogP contribution in [-0.4, -0.2) is 82.7 Å². The average Bonchev–Trinajstić information content (AvgIpc) is 2.89. The lowest BCUT2D eigenvalue weighted by Gasteiger charge is -2.37. The maximum atomic E-state index is 13.2. The lowest BCUT2D eigenvalue weighted by Crippen LogP contribution is -2.54. The Kier molecular flexibility index (Phi) is 5.51. The molecule has 1 aromatic carbocycles. The molecule has 0 radical (unpaired) electrons. The number of carbonyl (C=O) groups is 1. The summed E-state index contributed by atoms with van der Waals surface area (Å²) in [6.45, 7) is 7.64. The lowest BCUT2D eigenvalue weighted by molar-refractivity contribution is -0.137. The highest BCUT2D eigenvalue weighted by atomic mass is 16.2. The van der Waals surface area contributed by atoms with Gasteiger partial charge in [-0.3, -0.25) is 14.4 Å². The number of nitrogens with zero attached hydrogens (tertiary/aromatic N) is 5. The zero-order chi connectivity index (χ0) is 19.7. The predicted molar refractivity (Wildman–Crippen MR) is 111 cm³/mol. The van der Waals surface area contributed by atoms with Crippen LogP contribution < -0.4 is 0 Å². The van der Waals surface area contributed by atoms with Crippen LogP contribution in [-0.2, 0) is 24.7 Å². The van der Waals surface area contributed by atoms with Gasteiger partial charge in [-0.15, -0.1) is 0 Å². The molecule has 2 aliphatic rings. The third kappa shape index (κ3) is 3.71. The first kappa shape index (κ1) is 19.2. The molecule has 2 aliphatic heterocycles. The van der Waals surface area contributed by atoms with E-state index in [1.165, 1.54) is 11.3 Å². The van der Waals surface area contributed by atoms with E-state index in [-0.39, 0.29) is 11.9 Å². The molecule has 3 heterocycles. The number of hydrogen-bond acceptors (Lipinski definition) is 4. The molecule has 0 aliphatic carbocycles. The third-order valence-electron chi connectivity index (χ3n) is 6.33. The van der Waals surface area contributed by atoms with E-state index < -0.39 is 0 Å². The van der Waals surface area contributed by atoms with E-state index in [1.54, 1.807) is 0 Å². The minimum atomic E-state index is -0.0402. The van der Waals surface area contributed by atoms with Crippen molar-refractivity contribution < 1.29 is 4.79 Å². The van der Waals surface area contributed by atoms with E-state index in [2.05, 4.69) is 52.9 Å². The number of piperazine rings is 1. The van der Waals surface area contributed by atoms with E-state index in [1.807, 2.05) is 17.8 Å². The van der Waals surface area contributed by atoms with Gasteiger partial charge in [0.1, 0.15) is 0 Å². The summed E-state index contributed by atoms with van der Waals surface area (Å²) < 4.78 is 2.01. The molecular weight excluding hydrogens is 350 g/mol. The van der Waals surface area contributed by atoms with Crippen molar-refractivity contribution in [3.05, 3.63) is 41.6 Å². The summed E-state index contributed by atoms with van der Waals surface area (Å²) in [5, 5.41) is 4.79. The number of aryl methyl sites for hydroxylation is 1. The smallest absolute Gasteiger partial charge is 0.239 e. The van der Waals surface area contributed by atoms with E-state index in [9.17, 15) is 4.79 Å². The van der Waals surface area contributed by atoms with Crippen molar-refractivity contribution in [2.24, 2.45) is 7.05 Å². The zero-order valence-electron chi connectivity index (χ0n) is 17.3. The van der Waals surface area contributed by atoms with Gasteiger partial charge in [-0.25, -0.2) is 0 Å². The monoisotopic (exact) mass is 381 g/mol. The first-order valence-electron chi connectivity index (χ1n) is 10.4. The molecule has 1 amide bonds. The summed E-state index contributed by atoms with van der Waals surface area (Å²) in [5.74, 6) is 0.270. The van der Waals surface area contributed by atoms with Gasteiger partial charge < -0.3 is 9.80 Å². The lowest BCUT2D eigenvalue weighted by atomic mass is 10.0. The molecule has 0 spiro atoms. The van der Waals surface area contributed by atoms with Gasteiger partial charge in [0.25, 0.3) is 0 Å². The zero-order valence-corrected chi connectivity index (χ0v) is 17.3. The van der Waals surface area contributed by atoms with Crippen molar-refractivity contribution >= 4 is 5.91 Å². The van der Waals surface area contributed by atoms with Crippen LogP contribution in [0.15, 0.2) is 30.3 Å². The van der Waals surface area contributed by atoms with Crippen molar-refractivity contribution in [2.45, 2.75) is 25.8 Å². The molecule has 150 valence electrons. The van der Waals surface area contributed by atoms with E-state index in [0.717, 1.165) is 63.4 Å². The molecule has 0 bridgehead atoms. The Morgan fingerprint density at radius 2 is 1.64 bits per heavy atom. The van der Waals surface area contributed by atoms with Gasteiger partial charge in [0.05, 0.1) is 11.7 Å². The SMILES string of the molecule is CC(C(=O)N1CCc2c(-c3ccccc3)nn(C)c2CC1)N1CCN(C)CC1. The quantitative estimate of drug-likeness (QED) is 0.811. The van der Waals surface area contributed by atoms with Crippen molar-refractivity contribution in [2.75, 3.05) is 46.3 Å². The minimum absolute atomic E-state index is 0.0402. The largest absolute Gasteiger partial charge is 0.341 e. The van der Waals surface area contributed by atoms with Gasteiger partial charge in [-0.2, -0.15) is 5.10 Å². The molecule has 1 saturated heterocycles. The third-order valence-corrected chi connectivity index (χ3v) is 6.33. The Bertz CT molecular complexity index is 823. The average molecular weight is 382 g/mol. The molecule has 1 aromatic heterocycles. The predicted octanol–water partition coefficient (Wildman–Crippen LogP) is 1.65. The molecule has 1 fully saturated rings. The minimum Gasteiger partial charge on any atom is -0.341 e. The van der Waals surface area contributed by atoms with Gasteiger partial charge in [0.15, 0.2) is 0 Å². The van der Waals surface area contributed by atoms with Gasteiger partial charge in [0.2, 0.25) is 5.91 Å². The molecule has 6 nitrogen and oxygen atoms in total. The summed E-state index contributed by atoms with van der Waals surface area (Å²) >= 11 is 0. The number of likely N-dealkylation sites (N-methyl/N-ethyl adjacent to an activating group) is 1. The molecule has 28 heavy (non-hydrogen) atoms. The van der Waals surface area contributed by atoms with Crippen LogP contribution in [0.2, 0.25) is 0 Å². The van der Waals surface area contributed by atoms with Crippen LogP contribution in [0.3, 0.4) is 0 Å². The number of aromatic nitrogens is 2. The topological polar surface area (TPSA) is 44.6 Å². The van der Waals surface area contributed by atoms with Gasteiger partial charge in [0, 0.05) is 69.6 Å². The maximum Gasteiger partial charge on any atom is 0.239 e. The molecule has 0 N–H and O–H groups in total. The Morgan fingerprint density at radius 1 is 0.964 bits per heavy atom. The Morgan fingerprint density at radius 3 is 2.36 bits per heavy atom. The number of hydrogen-bond donors (Lipinski definition) is 0. The maximum absolute atomic E-state index is 13.2. The molecule has 4 rings (SSSR count). The molecule has 2 aromatic rings. The van der Waals surface area contributed by atoms with E-state index in [0.29, 0.717) is 0 Å².